The first-order valence-electron chi connectivity index (χ1n) is 15.5. The Kier molecular flexibility index (Phi) is 8.45. The molecule has 0 saturated heterocycles. The number of hydrogen-bond acceptors (Lipinski definition) is 5. The lowest BCUT2D eigenvalue weighted by Gasteiger charge is -2.62. The molecule has 5 heteroatoms. The molecular weight excluding hydrogens is 472 g/mol. The Hall–Kier alpha value is -1.59. The molecule has 4 aliphatic carbocycles. The quantitative estimate of drug-likeness (QED) is 0.262. The molecule has 4 aliphatic rings. The number of fused-ring (bicyclic) bond motifs is 5. The Balaban J connectivity index is 1.19. The van der Waals surface area contributed by atoms with Gasteiger partial charge in [0.1, 0.15) is 0 Å². The number of methoxy groups -OCH3 is 1. The highest BCUT2D eigenvalue weighted by atomic mass is 16.5. The van der Waals surface area contributed by atoms with Crippen molar-refractivity contribution in [2.45, 2.75) is 97.1 Å². The van der Waals surface area contributed by atoms with Crippen LogP contribution in [0.3, 0.4) is 0 Å². The Morgan fingerprint density at radius 3 is 2.50 bits per heavy atom. The summed E-state index contributed by atoms with van der Waals surface area (Å²) in [4.78, 5) is 11.8. The Labute approximate surface area is 230 Å². The SMILES string of the molecule is COC(=O)CC[C@@H](C)C1CCC2C3C[C@@H](O)C4C[C@@H](NCCNc5ccccc5)CC[C@]4(C)C3CC[C@@]21C. The molecule has 0 amide bonds. The van der Waals surface area contributed by atoms with E-state index in [0.29, 0.717) is 41.5 Å². The summed E-state index contributed by atoms with van der Waals surface area (Å²) in [5, 5.41) is 18.9. The molecule has 0 radical (unpaired) electrons. The van der Waals surface area contributed by atoms with Crippen LogP contribution in [0.25, 0.3) is 0 Å². The average molecular weight is 525 g/mol. The average Bonchev–Trinajstić information content (AvgIpc) is 3.28. The van der Waals surface area contributed by atoms with Gasteiger partial charge in [-0.15, -0.1) is 0 Å². The topological polar surface area (TPSA) is 70.6 Å². The zero-order chi connectivity index (χ0) is 26.9. The van der Waals surface area contributed by atoms with E-state index in [4.69, 9.17) is 4.74 Å². The highest BCUT2D eigenvalue weighted by Crippen LogP contribution is 2.68. The van der Waals surface area contributed by atoms with Gasteiger partial charge in [-0.3, -0.25) is 4.79 Å². The van der Waals surface area contributed by atoms with Gasteiger partial charge in [0.05, 0.1) is 13.2 Å². The van der Waals surface area contributed by atoms with E-state index in [1.165, 1.54) is 51.3 Å². The van der Waals surface area contributed by atoms with Crippen molar-refractivity contribution in [3.63, 3.8) is 0 Å². The number of carbonyl (C=O) groups is 1. The van der Waals surface area contributed by atoms with Gasteiger partial charge in [0.25, 0.3) is 0 Å². The van der Waals surface area contributed by atoms with E-state index in [-0.39, 0.29) is 17.5 Å². The molecule has 1 aromatic rings. The van der Waals surface area contributed by atoms with E-state index < -0.39 is 0 Å². The lowest BCUT2D eigenvalue weighted by atomic mass is 9.43. The third-order valence-corrected chi connectivity index (χ3v) is 12.1. The predicted octanol–water partition coefficient (Wildman–Crippen LogP) is 6.28. The first kappa shape index (κ1) is 28.0. The van der Waals surface area contributed by atoms with Crippen LogP contribution in [-0.4, -0.2) is 43.4 Å². The van der Waals surface area contributed by atoms with Crippen LogP contribution in [-0.2, 0) is 9.53 Å². The van der Waals surface area contributed by atoms with Gasteiger partial charge in [-0.25, -0.2) is 0 Å². The van der Waals surface area contributed by atoms with Crippen molar-refractivity contribution >= 4 is 11.7 Å². The highest BCUT2D eigenvalue weighted by Gasteiger charge is 2.62. The highest BCUT2D eigenvalue weighted by molar-refractivity contribution is 5.69. The zero-order valence-corrected chi connectivity index (χ0v) is 24.3. The van der Waals surface area contributed by atoms with Crippen molar-refractivity contribution < 1.29 is 14.6 Å². The van der Waals surface area contributed by atoms with Gasteiger partial charge < -0.3 is 20.5 Å². The summed E-state index contributed by atoms with van der Waals surface area (Å²) in [6.45, 7) is 9.35. The summed E-state index contributed by atoms with van der Waals surface area (Å²) in [6.07, 6.45) is 11.1. The number of nitrogens with one attached hydrogen (secondary N) is 2. The van der Waals surface area contributed by atoms with Crippen LogP contribution in [0.4, 0.5) is 5.69 Å². The van der Waals surface area contributed by atoms with Gasteiger partial charge in [0, 0.05) is 31.2 Å². The number of carbonyl (C=O) groups excluding carboxylic acids is 1. The minimum atomic E-state index is -0.175. The second-order valence-corrected chi connectivity index (χ2v) is 13.8. The smallest absolute Gasteiger partial charge is 0.305 e. The first-order chi connectivity index (χ1) is 18.3. The second-order valence-electron chi connectivity index (χ2n) is 13.8. The van der Waals surface area contributed by atoms with Crippen molar-refractivity contribution in [2.24, 2.45) is 46.3 Å². The van der Waals surface area contributed by atoms with E-state index in [9.17, 15) is 9.90 Å². The molecular formula is C33H52N2O3. The number of para-hydroxylation sites is 1. The largest absolute Gasteiger partial charge is 0.469 e. The van der Waals surface area contributed by atoms with E-state index in [1.807, 2.05) is 0 Å². The third-order valence-electron chi connectivity index (χ3n) is 12.1. The zero-order valence-electron chi connectivity index (χ0n) is 24.3. The molecule has 0 heterocycles. The molecule has 3 N–H and O–H groups in total. The number of anilines is 1. The number of esters is 1. The maximum absolute atomic E-state index is 11.8. The standard InChI is InChI=1S/C33H52N2O3/c1-22(10-13-31(37)38-4)26-11-12-27-25-21-30(36)29-20-24(35-19-18-34-23-8-6-5-7-9-23)14-16-33(29,3)28(25)15-17-32(26,27)2/h5-9,22,24-30,34-36H,10-21H2,1-4H3/t22-,24+,25?,26?,27?,28?,29?,30-,32-,33-/m1/s1. The summed E-state index contributed by atoms with van der Waals surface area (Å²) in [5.41, 5.74) is 1.79. The molecule has 0 aliphatic heterocycles. The van der Waals surface area contributed by atoms with Crippen molar-refractivity contribution in [2.75, 3.05) is 25.5 Å². The van der Waals surface area contributed by atoms with Crippen molar-refractivity contribution in [3.05, 3.63) is 30.3 Å². The fourth-order valence-corrected chi connectivity index (χ4v) is 10.1. The van der Waals surface area contributed by atoms with E-state index in [2.05, 4.69) is 61.7 Å². The summed E-state index contributed by atoms with van der Waals surface area (Å²) in [5.74, 6) is 3.70. The molecule has 4 saturated carbocycles. The van der Waals surface area contributed by atoms with E-state index in [1.54, 1.807) is 0 Å². The molecule has 0 spiro atoms. The lowest BCUT2D eigenvalue weighted by Crippen LogP contribution is -2.59. The van der Waals surface area contributed by atoms with Crippen molar-refractivity contribution in [1.82, 2.24) is 5.32 Å². The molecule has 4 fully saturated rings. The normalized spacial score (nSPS) is 40.9. The van der Waals surface area contributed by atoms with E-state index in [0.717, 1.165) is 44.2 Å². The number of hydrogen-bond donors (Lipinski definition) is 3. The molecule has 212 valence electrons. The van der Waals surface area contributed by atoms with Crippen LogP contribution in [0.5, 0.6) is 0 Å². The molecule has 5 rings (SSSR count). The van der Waals surface area contributed by atoms with Crippen LogP contribution in [0.1, 0.15) is 85.0 Å². The third kappa shape index (κ3) is 5.27. The fraction of sp³-hybridized carbons (Fsp3) is 0.788. The Morgan fingerprint density at radius 2 is 1.74 bits per heavy atom. The van der Waals surface area contributed by atoms with Gasteiger partial charge in [0.2, 0.25) is 0 Å². The van der Waals surface area contributed by atoms with Crippen molar-refractivity contribution in [3.8, 4) is 0 Å². The van der Waals surface area contributed by atoms with Gasteiger partial charge in [0.15, 0.2) is 0 Å². The molecule has 0 bridgehead atoms. The van der Waals surface area contributed by atoms with Gasteiger partial charge in [-0.05, 0) is 116 Å². The number of ether oxygens (including phenoxy) is 1. The number of aliphatic hydroxyl groups is 1. The minimum absolute atomic E-state index is 0.0767. The summed E-state index contributed by atoms with van der Waals surface area (Å²) in [6, 6.07) is 10.9. The maximum Gasteiger partial charge on any atom is 0.305 e. The molecule has 0 aromatic heterocycles. The second kappa shape index (κ2) is 11.5. The first-order valence-corrected chi connectivity index (χ1v) is 15.5. The summed E-state index contributed by atoms with van der Waals surface area (Å²) in [7, 11) is 1.50. The molecule has 1 aromatic carbocycles. The number of rotatable bonds is 9. The predicted molar refractivity (Wildman–Crippen MR) is 154 cm³/mol. The van der Waals surface area contributed by atoms with Crippen molar-refractivity contribution in [1.29, 1.82) is 0 Å². The maximum atomic E-state index is 11.8. The van der Waals surface area contributed by atoms with Crippen LogP contribution in [0.2, 0.25) is 0 Å². The van der Waals surface area contributed by atoms with Crippen LogP contribution in [0.15, 0.2) is 30.3 Å². The van der Waals surface area contributed by atoms with Crippen LogP contribution >= 0.6 is 0 Å². The fourth-order valence-electron chi connectivity index (χ4n) is 10.1. The van der Waals surface area contributed by atoms with E-state index >= 15 is 0 Å². The molecule has 5 nitrogen and oxygen atoms in total. The van der Waals surface area contributed by atoms with Gasteiger partial charge in [-0.2, -0.15) is 0 Å². The Morgan fingerprint density at radius 1 is 1.00 bits per heavy atom. The molecule has 5 unspecified atom stereocenters. The summed E-state index contributed by atoms with van der Waals surface area (Å²) < 4.78 is 4.92. The number of benzene rings is 1. The lowest BCUT2D eigenvalue weighted by molar-refractivity contribution is -0.162. The molecule has 38 heavy (non-hydrogen) atoms. The van der Waals surface area contributed by atoms with Gasteiger partial charge in [-0.1, -0.05) is 39.0 Å². The number of aliphatic hydroxyl groups excluding tert-OH is 1. The summed E-state index contributed by atoms with van der Waals surface area (Å²) >= 11 is 0. The molecule has 10 atom stereocenters. The van der Waals surface area contributed by atoms with Crippen LogP contribution in [0, 0.1) is 46.3 Å². The Bertz CT molecular complexity index is 939. The minimum Gasteiger partial charge on any atom is -0.469 e. The monoisotopic (exact) mass is 524 g/mol. The van der Waals surface area contributed by atoms with Gasteiger partial charge >= 0.3 is 5.97 Å². The van der Waals surface area contributed by atoms with Crippen LogP contribution < -0.4 is 10.6 Å².